The second-order valence-electron chi connectivity index (χ2n) is 5.99. The van der Waals surface area contributed by atoms with Crippen molar-refractivity contribution in [2.24, 2.45) is 0 Å². The number of amides is 1. The average Bonchev–Trinajstić information content (AvgIpc) is 3.24. The third-order valence-corrected chi connectivity index (χ3v) is 7.03. The van der Waals surface area contributed by atoms with E-state index in [2.05, 4.69) is 0 Å². The lowest BCUT2D eigenvalue weighted by molar-refractivity contribution is 0.0737. The van der Waals surface area contributed by atoms with Crippen LogP contribution >= 0.6 is 11.3 Å². The Balaban J connectivity index is 1.91. The molecular formula is C17H20N2O3S2. The van der Waals surface area contributed by atoms with Crippen LogP contribution in [0.15, 0.2) is 46.7 Å². The molecule has 0 bridgehead atoms. The van der Waals surface area contributed by atoms with E-state index in [1.165, 1.54) is 31.1 Å². The molecule has 1 amide bonds. The molecular weight excluding hydrogens is 344 g/mol. The summed E-state index contributed by atoms with van der Waals surface area (Å²) in [6, 6.07) is 10.4. The number of sulfonamides is 1. The van der Waals surface area contributed by atoms with Gasteiger partial charge < -0.3 is 4.90 Å². The Hall–Kier alpha value is -1.70. The van der Waals surface area contributed by atoms with Gasteiger partial charge in [-0.25, -0.2) is 12.7 Å². The molecule has 0 unspecified atom stereocenters. The second kappa shape index (κ2) is 6.66. The molecule has 128 valence electrons. The molecule has 24 heavy (non-hydrogen) atoms. The Morgan fingerprint density at radius 1 is 1.25 bits per heavy atom. The molecule has 1 saturated heterocycles. The van der Waals surface area contributed by atoms with E-state index in [4.69, 9.17) is 0 Å². The van der Waals surface area contributed by atoms with Gasteiger partial charge in [-0.05, 0) is 42.5 Å². The van der Waals surface area contributed by atoms with Crippen LogP contribution in [-0.2, 0) is 10.0 Å². The molecule has 1 aliphatic rings. The molecule has 1 aromatic carbocycles. The van der Waals surface area contributed by atoms with Crippen LogP contribution in [0.5, 0.6) is 0 Å². The predicted molar refractivity (Wildman–Crippen MR) is 94.6 cm³/mol. The maximum atomic E-state index is 12.9. The van der Waals surface area contributed by atoms with E-state index in [0.29, 0.717) is 12.1 Å². The highest BCUT2D eigenvalue weighted by Gasteiger charge is 2.31. The SMILES string of the molecule is CN(C)S(=O)(=O)c1cccc(C(=O)N2CCC[C@@H]2c2cccs2)c1. The first-order chi connectivity index (χ1) is 11.4. The Bertz CT molecular complexity index is 829. The van der Waals surface area contributed by atoms with Crippen LogP contribution < -0.4 is 0 Å². The summed E-state index contributed by atoms with van der Waals surface area (Å²) >= 11 is 1.65. The smallest absolute Gasteiger partial charge is 0.254 e. The van der Waals surface area contributed by atoms with Crippen LogP contribution in [0.3, 0.4) is 0 Å². The third kappa shape index (κ3) is 3.11. The molecule has 2 heterocycles. The van der Waals surface area contributed by atoms with Gasteiger partial charge in [-0.2, -0.15) is 0 Å². The van der Waals surface area contributed by atoms with Gasteiger partial charge in [-0.3, -0.25) is 4.79 Å². The van der Waals surface area contributed by atoms with E-state index in [9.17, 15) is 13.2 Å². The maximum Gasteiger partial charge on any atom is 0.254 e. The van der Waals surface area contributed by atoms with Crippen molar-refractivity contribution in [2.75, 3.05) is 20.6 Å². The van der Waals surface area contributed by atoms with Gasteiger partial charge in [0.2, 0.25) is 10.0 Å². The zero-order chi connectivity index (χ0) is 17.3. The predicted octanol–water partition coefficient (Wildman–Crippen LogP) is 2.98. The fourth-order valence-electron chi connectivity index (χ4n) is 2.95. The van der Waals surface area contributed by atoms with Crippen molar-refractivity contribution in [3.05, 3.63) is 52.2 Å². The van der Waals surface area contributed by atoms with Crippen molar-refractivity contribution in [1.82, 2.24) is 9.21 Å². The largest absolute Gasteiger partial charge is 0.331 e. The number of rotatable bonds is 4. The van der Waals surface area contributed by atoms with Crippen LogP contribution in [0.4, 0.5) is 0 Å². The van der Waals surface area contributed by atoms with Gasteiger partial charge in [0.25, 0.3) is 5.91 Å². The van der Waals surface area contributed by atoms with Crippen molar-refractivity contribution < 1.29 is 13.2 Å². The normalized spacial score (nSPS) is 18.3. The highest BCUT2D eigenvalue weighted by Crippen LogP contribution is 2.35. The van der Waals surface area contributed by atoms with E-state index in [-0.39, 0.29) is 16.8 Å². The minimum absolute atomic E-state index is 0.0895. The molecule has 1 atom stereocenters. The Morgan fingerprint density at radius 2 is 2.04 bits per heavy atom. The first-order valence-electron chi connectivity index (χ1n) is 7.78. The number of hydrogen-bond acceptors (Lipinski definition) is 4. The van der Waals surface area contributed by atoms with E-state index in [1.54, 1.807) is 23.5 Å². The molecule has 1 aromatic heterocycles. The number of likely N-dealkylation sites (tertiary alicyclic amines) is 1. The van der Waals surface area contributed by atoms with Gasteiger partial charge in [0, 0.05) is 31.1 Å². The van der Waals surface area contributed by atoms with Gasteiger partial charge in [-0.1, -0.05) is 12.1 Å². The first-order valence-corrected chi connectivity index (χ1v) is 10.1. The summed E-state index contributed by atoms with van der Waals surface area (Å²) in [6.45, 7) is 0.700. The molecule has 0 spiro atoms. The van der Waals surface area contributed by atoms with Crippen LogP contribution in [0.1, 0.15) is 34.1 Å². The van der Waals surface area contributed by atoms with Gasteiger partial charge in [0.05, 0.1) is 10.9 Å². The van der Waals surface area contributed by atoms with Crippen LogP contribution in [-0.4, -0.2) is 44.2 Å². The highest BCUT2D eigenvalue weighted by molar-refractivity contribution is 7.89. The Labute approximate surface area is 146 Å². The van der Waals surface area contributed by atoms with E-state index in [0.717, 1.165) is 17.1 Å². The molecule has 5 nitrogen and oxygen atoms in total. The topological polar surface area (TPSA) is 57.7 Å². The van der Waals surface area contributed by atoms with Crippen molar-refractivity contribution in [2.45, 2.75) is 23.8 Å². The van der Waals surface area contributed by atoms with Gasteiger partial charge in [-0.15, -0.1) is 11.3 Å². The highest BCUT2D eigenvalue weighted by atomic mass is 32.2. The molecule has 0 saturated carbocycles. The molecule has 7 heteroatoms. The number of nitrogens with zero attached hydrogens (tertiary/aromatic N) is 2. The summed E-state index contributed by atoms with van der Waals surface area (Å²) in [6.07, 6.45) is 1.91. The summed E-state index contributed by atoms with van der Waals surface area (Å²) in [5.41, 5.74) is 0.418. The van der Waals surface area contributed by atoms with Gasteiger partial charge in [0.15, 0.2) is 0 Å². The summed E-state index contributed by atoms with van der Waals surface area (Å²) in [7, 11) is -0.582. The van der Waals surface area contributed by atoms with Crippen molar-refractivity contribution in [3.63, 3.8) is 0 Å². The quantitative estimate of drug-likeness (QED) is 0.838. The minimum atomic E-state index is -3.55. The monoisotopic (exact) mass is 364 g/mol. The van der Waals surface area contributed by atoms with Crippen LogP contribution in [0.2, 0.25) is 0 Å². The van der Waals surface area contributed by atoms with E-state index < -0.39 is 10.0 Å². The molecule has 0 radical (unpaired) electrons. The van der Waals surface area contributed by atoms with Crippen LogP contribution in [0, 0.1) is 0 Å². The van der Waals surface area contributed by atoms with Crippen molar-refractivity contribution in [3.8, 4) is 0 Å². The zero-order valence-electron chi connectivity index (χ0n) is 13.7. The standard InChI is InChI=1S/C17H20N2O3S2/c1-18(2)24(21,22)14-7-3-6-13(12-14)17(20)19-10-4-8-15(19)16-9-5-11-23-16/h3,5-7,9,11-12,15H,4,8,10H2,1-2H3/t15-/m1/s1. The number of carbonyl (C=O) groups excluding carboxylic acids is 1. The molecule has 1 aliphatic heterocycles. The third-order valence-electron chi connectivity index (χ3n) is 4.24. The summed E-state index contributed by atoms with van der Waals surface area (Å²) in [5, 5.41) is 2.01. The molecule has 0 N–H and O–H groups in total. The second-order valence-corrected chi connectivity index (χ2v) is 9.12. The van der Waals surface area contributed by atoms with Crippen LogP contribution in [0.25, 0.3) is 0 Å². The molecule has 3 rings (SSSR count). The fourth-order valence-corrected chi connectivity index (χ4v) is 4.77. The van der Waals surface area contributed by atoms with Crippen molar-refractivity contribution >= 4 is 27.3 Å². The lowest BCUT2D eigenvalue weighted by atomic mass is 10.1. The summed E-state index contributed by atoms with van der Waals surface area (Å²) in [4.78, 5) is 16.1. The molecule has 1 fully saturated rings. The Morgan fingerprint density at radius 3 is 2.71 bits per heavy atom. The minimum Gasteiger partial charge on any atom is -0.331 e. The Kier molecular flexibility index (Phi) is 4.76. The number of thiophene rings is 1. The first kappa shape index (κ1) is 17.1. The number of carbonyl (C=O) groups is 1. The summed E-state index contributed by atoms with van der Waals surface area (Å²) in [5.74, 6) is -0.110. The molecule has 0 aliphatic carbocycles. The lowest BCUT2D eigenvalue weighted by Crippen LogP contribution is -2.30. The van der Waals surface area contributed by atoms with Gasteiger partial charge in [0.1, 0.15) is 0 Å². The number of hydrogen-bond donors (Lipinski definition) is 0. The zero-order valence-corrected chi connectivity index (χ0v) is 15.3. The van der Waals surface area contributed by atoms with Gasteiger partial charge >= 0.3 is 0 Å². The average molecular weight is 364 g/mol. The van der Waals surface area contributed by atoms with E-state index in [1.807, 2.05) is 22.4 Å². The number of benzene rings is 1. The van der Waals surface area contributed by atoms with E-state index >= 15 is 0 Å². The fraction of sp³-hybridized carbons (Fsp3) is 0.353. The molecule has 2 aromatic rings. The lowest BCUT2D eigenvalue weighted by Gasteiger charge is -2.24. The summed E-state index contributed by atoms with van der Waals surface area (Å²) < 4.78 is 25.7. The maximum absolute atomic E-state index is 12.9. The van der Waals surface area contributed by atoms with Crippen molar-refractivity contribution in [1.29, 1.82) is 0 Å².